The van der Waals surface area contributed by atoms with E-state index in [1.807, 2.05) is 0 Å². The van der Waals surface area contributed by atoms with Gasteiger partial charge < -0.3 is 16.5 Å². The quantitative estimate of drug-likeness (QED) is 0.150. The molecule has 0 N–H and O–H groups in total. The zero-order chi connectivity index (χ0) is 24.4. The first-order valence-corrected chi connectivity index (χ1v) is 21.2. The highest BCUT2D eigenvalue weighted by atomic mass is 28.5. The molecule has 0 aromatic heterocycles. The lowest BCUT2D eigenvalue weighted by molar-refractivity contribution is 0.266. The molecule has 1 fully saturated rings. The van der Waals surface area contributed by atoms with Gasteiger partial charge in [-0.1, -0.05) is 54.6 Å². The van der Waals surface area contributed by atoms with Crippen LogP contribution in [0.4, 0.5) is 0 Å². The Morgan fingerprint density at radius 2 is 1.11 bits per heavy atom. The van der Waals surface area contributed by atoms with Crippen LogP contribution in [0.3, 0.4) is 0 Å². The van der Waals surface area contributed by atoms with Crippen LogP contribution in [-0.2, 0) is 16.5 Å². The summed E-state index contributed by atoms with van der Waals surface area (Å²) < 4.78 is 26.2. The standard InChI is InChI=1S/C27H30O4Si4/c1-33(2)28-32-29-35(5,31-34(3,4)30-33)27-12-8-11-21-16-23-14-13-22-15-19-9-6-7-10-20(19)17-24(22)25(23)18-26(21)27/h6-18H,32H2,1-5H3. The number of hydrogen-bond donors (Lipinski definition) is 0. The van der Waals surface area contributed by atoms with Crippen LogP contribution in [0.1, 0.15) is 0 Å². The van der Waals surface area contributed by atoms with E-state index in [0.717, 1.165) is 5.19 Å². The Balaban J connectivity index is 1.58. The molecule has 0 radical (unpaired) electrons. The van der Waals surface area contributed by atoms with Crippen molar-refractivity contribution in [1.82, 2.24) is 0 Å². The molecule has 1 aliphatic rings. The lowest BCUT2D eigenvalue weighted by Crippen LogP contribution is -2.64. The SMILES string of the molecule is C[Si]1(C)O[SiH2]O[Si](C)(c2cccc3cc4ccc5cc6ccccc6cc5c4cc23)O[Si](C)(C)O1. The molecule has 8 heteroatoms. The first-order valence-electron chi connectivity index (χ1n) is 12.1. The van der Waals surface area contributed by atoms with Gasteiger partial charge in [-0.25, -0.2) is 0 Å². The van der Waals surface area contributed by atoms with Crippen LogP contribution in [0.2, 0.25) is 32.7 Å². The van der Waals surface area contributed by atoms with Gasteiger partial charge in [0.1, 0.15) is 0 Å². The summed E-state index contributed by atoms with van der Waals surface area (Å²) in [5, 5.41) is 11.1. The molecular formula is C27H30O4Si4. The Morgan fingerprint density at radius 1 is 0.514 bits per heavy atom. The molecule has 0 aliphatic carbocycles. The molecule has 0 spiro atoms. The number of hydrogen-bond acceptors (Lipinski definition) is 4. The second-order valence-corrected chi connectivity index (χ2v) is 22.6. The first kappa shape index (κ1) is 23.3. The Bertz CT molecular complexity index is 1620. The summed E-state index contributed by atoms with van der Waals surface area (Å²) in [6, 6.07) is 28.8. The van der Waals surface area contributed by atoms with E-state index in [1.54, 1.807) is 0 Å². The van der Waals surface area contributed by atoms with Crippen molar-refractivity contribution in [2.75, 3.05) is 0 Å². The van der Waals surface area contributed by atoms with Gasteiger partial charge in [-0.05, 0) is 100 Å². The minimum atomic E-state index is -2.76. The van der Waals surface area contributed by atoms with Crippen LogP contribution in [-0.4, -0.2) is 35.7 Å². The van der Waals surface area contributed by atoms with E-state index in [-0.39, 0.29) is 0 Å². The van der Waals surface area contributed by atoms with Gasteiger partial charge in [0.15, 0.2) is 0 Å². The second-order valence-electron chi connectivity index (χ2n) is 10.4. The van der Waals surface area contributed by atoms with E-state index < -0.39 is 35.7 Å². The third-order valence-electron chi connectivity index (χ3n) is 6.86. The van der Waals surface area contributed by atoms with Gasteiger partial charge in [0.25, 0.3) is 10.0 Å². The van der Waals surface area contributed by atoms with Crippen molar-refractivity contribution in [2.45, 2.75) is 32.7 Å². The molecule has 1 atom stereocenters. The van der Waals surface area contributed by atoms with E-state index in [9.17, 15) is 0 Å². The summed E-state index contributed by atoms with van der Waals surface area (Å²) in [4.78, 5) is 0. The smallest absolute Gasteiger partial charge is 0.352 e. The van der Waals surface area contributed by atoms with Gasteiger partial charge in [0.2, 0.25) is 0 Å². The zero-order valence-corrected chi connectivity index (χ0v) is 25.3. The molecule has 0 bridgehead atoms. The number of rotatable bonds is 1. The molecule has 35 heavy (non-hydrogen) atoms. The first-order chi connectivity index (χ1) is 16.6. The predicted molar refractivity (Wildman–Crippen MR) is 156 cm³/mol. The fourth-order valence-corrected chi connectivity index (χ4v) is 21.0. The minimum Gasteiger partial charge on any atom is -0.420 e. The molecule has 5 aromatic carbocycles. The highest BCUT2D eigenvalue weighted by molar-refractivity contribution is 6.94. The molecule has 0 saturated carbocycles. The minimum absolute atomic E-state index is 1.16. The van der Waals surface area contributed by atoms with Crippen molar-refractivity contribution in [2.24, 2.45) is 0 Å². The van der Waals surface area contributed by atoms with Gasteiger partial charge in [-0.2, -0.15) is 0 Å². The molecule has 1 unspecified atom stereocenters. The summed E-state index contributed by atoms with van der Waals surface area (Å²) >= 11 is 0. The van der Waals surface area contributed by atoms with Crippen LogP contribution >= 0.6 is 0 Å². The van der Waals surface area contributed by atoms with E-state index in [4.69, 9.17) is 16.5 Å². The number of fused-ring (bicyclic) bond motifs is 5. The van der Waals surface area contributed by atoms with Gasteiger partial charge in [-0.3, -0.25) is 0 Å². The average Bonchev–Trinajstić information content (AvgIpc) is 2.79. The average molecular weight is 531 g/mol. The van der Waals surface area contributed by atoms with Crippen molar-refractivity contribution in [3.63, 3.8) is 0 Å². The third kappa shape index (κ3) is 4.24. The normalized spacial score (nSPS) is 23.1. The fourth-order valence-electron chi connectivity index (χ4n) is 5.48. The van der Waals surface area contributed by atoms with Crippen molar-refractivity contribution < 1.29 is 16.5 Å². The summed E-state index contributed by atoms with van der Waals surface area (Å²) in [6.07, 6.45) is 0. The lowest BCUT2D eigenvalue weighted by Gasteiger charge is -2.42. The monoisotopic (exact) mass is 530 g/mol. The Morgan fingerprint density at radius 3 is 1.86 bits per heavy atom. The molecule has 5 aromatic rings. The van der Waals surface area contributed by atoms with Crippen LogP contribution in [0.15, 0.2) is 78.9 Å². The summed E-state index contributed by atoms with van der Waals surface area (Å²) in [5.74, 6) is 0. The Hall–Kier alpha value is -2.15. The fraction of sp³-hybridized carbons (Fsp3) is 0.185. The van der Waals surface area contributed by atoms with Crippen molar-refractivity contribution in [3.05, 3.63) is 78.9 Å². The molecule has 0 amide bonds. The summed E-state index contributed by atoms with van der Waals surface area (Å²) in [7, 11) is -8.64. The third-order valence-corrected chi connectivity index (χ3v) is 21.7. The zero-order valence-electron chi connectivity index (χ0n) is 20.8. The lowest BCUT2D eigenvalue weighted by atomic mass is 9.96. The molecule has 6 rings (SSSR count). The van der Waals surface area contributed by atoms with E-state index in [0.29, 0.717) is 0 Å². The van der Waals surface area contributed by atoms with Gasteiger partial charge in [0.05, 0.1) is 0 Å². The molecule has 4 nitrogen and oxygen atoms in total. The van der Waals surface area contributed by atoms with Crippen LogP contribution in [0.5, 0.6) is 0 Å². The number of benzene rings is 5. The van der Waals surface area contributed by atoms with Gasteiger partial charge in [-0.15, -0.1) is 0 Å². The molecule has 1 aliphatic heterocycles. The van der Waals surface area contributed by atoms with E-state index in [2.05, 4.69) is 112 Å². The van der Waals surface area contributed by atoms with Gasteiger partial charge in [0, 0.05) is 5.19 Å². The predicted octanol–water partition coefficient (Wildman–Crippen LogP) is 6.06. The molecular weight excluding hydrogens is 501 g/mol. The second kappa shape index (κ2) is 8.19. The maximum atomic E-state index is 6.88. The topological polar surface area (TPSA) is 36.9 Å². The largest absolute Gasteiger partial charge is 0.420 e. The van der Waals surface area contributed by atoms with Crippen molar-refractivity contribution >= 4 is 84.0 Å². The van der Waals surface area contributed by atoms with E-state index in [1.165, 1.54) is 43.1 Å². The summed E-state index contributed by atoms with van der Waals surface area (Å²) in [5.41, 5.74) is 0. The maximum Gasteiger partial charge on any atom is 0.352 e. The van der Waals surface area contributed by atoms with Gasteiger partial charge >= 0.3 is 25.7 Å². The van der Waals surface area contributed by atoms with E-state index >= 15 is 0 Å². The molecule has 178 valence electrons. The van der Waals surface area contributed by atoms with Crippen LogP contribution in [0, 0.1) is 0 Å². The summed E-state index contributed by atoms with van der Waals surface area (Å²) in [6.45, 7) is 10.6. The highest BCUT2D eigenvalue weighted by Crippen LogP contribution is 2.33. The molecule has 1 saturated heterocycles. The maximum absolute atomic E-state index is 6.88. The molecule has 1 heterocycles. The Labute approximate surface area is 211 Å². The Kier molecular flexibility index (Phi) is 5.44. The van der Waals surface area contributed by atoms with Crippen molar-refractivity contribution in [1.29, 1.82) is 0 Å². The highest BCUT2D eigenvalue weighted by Gasteiger charge is 2.48. The van der Waals surface area contributed by atoms with Crippen LogP contribution < -0.4 is 5.19 Å². The van der Waals surface area contributed by atoms with Crippen molar-refractivity contribution in [3.8, 4) is 0 Å². The van der Waals surface area contributed by atoms with Crippen LogP contribution in [0.25, 0.3) is 43.1 Å².